The second kappa shape index (κ2) is 5.83. The summed E-state index contributed by atoms with van der Waals surface area (Å²) in [7, 11) is 0. The molecule has 3 rings (SSSR count). The Labute approximate surface area is 126 Å². The summed E-state index contributed by atoms with van der Waals surface area (Å²) in [6, 6.07) is 6.65. The smallest absolute Gasteiger partial charge is 0.320 e. The van der Waals surface area contributed by atoms with Gasteiger partial charge in [-0.15, -0.1) is 0 Å². The molecule has 2 N–H and O–H groups in total. The first kappa shape index (κ1) is 14.0. The number of carboxylic acid groups (broad SMARTS) is 1. The van der Waals surface area contributed by atoms with Crippen molar-refractivity contribution in [3.63, 3.8) is 0 Å². The molecule has 0 spiro atoms. The van der Waals surface area contributed by atoms with Crippen LogP contribution in [-0.4, -0.2) is 27.3 Å². The summed E-state index contributed by atoms with van der Waals surface area (Å²) in [5, 5.41) is 16.5. The summed E-state index contributed by atoms with van der Waals surface area (Å²) in [5.41, 5.74) is 0.686. The third kappa shape index (κ3) is 3.22. The van der Waals surface area contributed by atoms with E-state index in [0.29, 0.717) is 22.3 Å². The number of nitrogens with zero attached hydrogens (tertiary/aromatic N) is 2. The van der Waals surface area contributed by atoms with Crippen LogP contribution in [0.4, 0.5) is 0 Å². The highest BCUT2D eigenvalue weighted by molar-refractivity contribution is 6.33. The van der Waals surface area contributed by atoms with E-state index in [0.717, 1.165) is 12.8 Å². The Hall–Kier alpha value is -1.92. The van der Waals surface area contributed by atoms with E-state index in [4.69, 9.17) is 21.2 Å². The first-order chi connectivity index (χ1) is 10.1. The van der Waals surface area contributed by atoms with Crippen molar-refractivity contribution in [2.24, 2.45) is 5.92 Å². The Morgan fingerprint density at radius 1 is 1.48 bits per heavy atom. The van der Waals surface area contributed by atoms with Crippen LogP contribution in [0.1, 0.15) is 18.7 Å². The van der Waals surface area contributed by atoms with E-state index < -0.39 is 12.0 Å². The van der Waals surface area contributed by atoms with Crippen molar-refractivity contribution in [2.45, 2.75) is 25.4 Å². The van der Waals surface area contributed by atoms with E-state index in [1.807, 2.05) is 12.1 Å². The lowest BCUT2D eigenvalue weighted by molar-refractivity contribution is -0.140. The molecule has 1 aromatic carbocycles. The molecule has 1 fully saturated rings. The normalized spacial score (nSPS) is 15.9. The summed E-state index contributed by atoms with van der Waals surface area (Å²) in [4.78, 5) is 15.4. The van der Waals surface area contributed by atoms with Gasteiger partial charge in [-0.25, -0.2) is 0 Å². The minimum atomic E-state index is -0.844. The quantitative estimate of drug-likeness (QED) is 0.851. The minimum Gasteiger partial charge on any atom is -0.480 e. The Balaban J connectivity index is 1.68. The third-order valence-corrected chi connectivity index (χ3v) is 3.75. The monoisotopic (exact) mass is 307 g/mol. The van der Waals surface area contributed by atoms with Gasteiger partial charge < -0.3 is 9.63 Å². The van der Waals surface area contributed by atoms with Crippen LogP contribution in [0.3, 0.4) is 0 Å². The summed E-state index contributed by atoms with van der Waals surface area (Å²) in [6.45, 7) is 0.227. The van der Waals surface area contributed by atoms with Gasteiger partial charge in [-0.05, 0) is 30.9 Å². The van der Waals surface area contributed by atoms with Crippen LogP contribution < -0.4 is 5.32 Å². The number of benzene rings is 1. The molecule has 1 unspecified atom stereocenters. The van der Waals surface area contributed by atoms with E-state index in [1.54, 1.807) is 12.1 Å². The van der Waals surface area contributed by atoms with Crippen LogP contribution in [0.25, 0.3) is 11.4 Å². The molecule has 1 aliphatic carbocycles. The van der Waals surface area contributed by atoms with Gasteiger partial charge in [0.1, 0.15) is 6.04 Å². The molecule has 1 atom stereocenters. The molecule has 21 heavy (non-hydrogen) atoms. The number of aliphatic carboxylic acids is 1. The van der Waals surface area contributed by atoms with Gasteiger partial charge in [0.05, 0.1) is 11.6 Å². The Bertz CT molecular complexity index is 654. The molecule has 7 heteroatoms. The number of nitrogens with one attached hydrogen (secondary N) is 1. The Kier molecular flexibility index (Phi) is 3.90. The number of aromatic nitrogens is 2. The van der Waals surface area contributed by atoms with Crippen LogP contribution >= 0.6 is 11.6 Å². The van der Waals surface area contributed by atoms with Crippen molar-refractivity contribution < 1.29 is 14.4 Å². The van der Waals surface area contributed by atoms with Crippen LogP contribution in [0.2, 0.25) is 5.02 Å². The Morgan fingerprint density at radius 3 is 2.90 bits per heavy atom. The molecular weight excluding hydrogens is 294 g/mol. The topological polar surface area (TPSA) is 88.2 Å². The summed E-state index contributed by atoms with van der Waals surface area (Å²) in [6.07, 6.45) is 1.89. The molecule has 2 aromatic rings. The zero-order valence-corrected chi connectivity index (χ0v) is 11.9. The zero-order chi connectivity index (χ0) is 14.8. The average Bonchev–Trinajstić information content (AvgIpc) is 3.18. The molecule has 0 amide bonds. The van der Waals surface area contributed by atoms with Crippen LogP contribution in [0.15, 0.2) is 28.8 Å². The number of hydrogen-bond acceptors (Lipinski definition) is 5. The predicted octanol–water partition coefficient (Wildman–Crippen LogP) is 2.34. The second-order valence-corrected chi connectivity index (χ2v) is 5.43. The first-order valence-corrected chi connectivity index (χ1v) is 7.06. The van der Waals surface area contributed by atoms with Crippen molar-refractivity contribution in [3.05, 3.63) is 35.2 Å². The van der Waals surface area contributed by atoms with E-state index in [1.165, 1.54) is 0 Å². The predicted molar refractivity (Wildman–Crippen MR) is 75.7 cm³/mol. The number of carbonyl (C=O) groups is 1. The molecular formula is C14H14ClN3O3. The molecule has 0 saturated heterocycles. The molecule has 0 bridgehead atoms. The van der Waals surface area contributed by atoms with Crippen LogP contribution in [-0.2, 0) is 11.3 Å². The van der Waals surface area contributed by atoms with Crippen molar-refractivity contribution in [3.8, 4) is 11.4 Å². The molecule has 1 saturated carbocycles. The van der Waals surface area contributed by atoms with Gasteiger partial charge in [-0.2, -0.15) is 4.98 Å². The minimum absolute atomic E-state index is 0.202. The molecule has 1 heterocycles. The first-order valence-electron chi connectivity index (χ1n) is 6.69. The Morgan fingerprint density at radius 2 is 2.24 bits per heavy atom. The number of rotatable bonds is 6. The third-order valence-electron chi connectivity index (χ3n) is 3.42. The molecule has 6 nitrogen and oxygen atoms in total. The zero-order valence-electron chi connectivity index (χ0n) is 11.1. The summed E-state index contributed by atoms with van der Waals surface area (Å²) < 4.78 is 5.13. The fourth-order valence-electron chi connectivity index (χ4n) is 2.16. The highest BCUT2D eigenvalue weighted by Gasteiger charge is 2.36. The lowest BCUT2D eigenvalue weighted by Gasteiger charge is -2.10. The SMILES string of the molecule is O=C(O)C(NCc1nc(-c2ccccc2Cl)no1)C1CC1. The van der Waals surface area contributed by atoms with Crippen molar-refractivity contribution in [1.82, 2.24) is 15.5 Å². The molecule has 110 valence electrons. The standard InChI is InChI=1S/C14H14ClN3O3/c15-10-4-2-1-3-9(10)13-17-11(21-18-13)7-16-12(14(19)20)8-5-6-8/h1-4,8,12,16H,5-7H2,(H,19,20). The lowest BCUT2D eigenvalue weighted by atomic mass is 10.2. The fourth-order valence-corrected chi connectivity index (χ4v) is 2.38. The number of hydrogen-bond donors (Lipinski definition) is 2. The average molecular weight is 308 g/mol. The highest BCUT2D eigenvalue weighted by Crippen LogP contribution is 2.33. The number of carboxylic acids is 1. The molecule has 1 aliphatic rings. The van der Waals surface area contributed by atoms with Crippen molar-refractivity contribution >= 4 is 17.6 Å². The van der Waals surface area contributed by atoms with Crippen LogP contribution in [0.5, 0.6) is 0 Å². The van der Waals surface area contributed by atoms with Gasteiger partial charge in [0, 0.05) is 5.56 Å². The van der Waals surface area contributed by atoms with Gasteiger partial charge in [0.15, 0.2) is 0 Å². The van der Waals surface area contributed by atoms with E-state index in [9.17, 15) is 4.79 Å². The van der Waals surface area contributed by atoms with Gasteiger partial charge in [-0.3, -0.25) is 10.1 Å². The summed E-state index contributed by atoms with van der Waals surface area (Å²) >= 11 is 6.07. The maximum absolute atomic E-state index is 11.1. The summed E-state index contributed by atoms with van der Waals surface area (Å²) in [5.74, 6) is 0.101. The maximum Gasteiger partial charge on any atom is 0.320 e. The molecule has 0 aliphatic heterocycles. The van der Waals surface area contributed by atoms with E-state index in [-0.39, 0.29) is 12.5 Å². The number of halogens is 1. The van der Waals surface area contributed by atoms with Gasteiger partial charge in [0.25, 0.3) is 0 Å². The lowest BCUT2D eigenvalue weighted by Crippen LogP contribution is -2.38. The van der Waals surface area contributed by atoms with Gasteiger partial charge >= 0.3 is 5.97 Å². The highest BCUT2D eigenvalue weighted by atomic mass is 35.5. The van der Waals surface area contributed by atoms with E-state index in [2.05, 4.69) is 15.5 Å². The van der Waals surface area contributed by atoms with Crippen molar-refractivity contribution in [1.29, 1.82) is 0 Å². The van der Waals surface area contributed by atoms with Crippen molar-refractivity contribution in [2.75, 3.05) is 0 Å². The maximum atomic E-state index is 11.1. The largest absolute Gasteiger partial charge is 0.480 e. The van der Waals surface area contributed by atoms with Gasteiger partial charge in [0.2, 0.25) is 11.7 Å². The van der Waals surface area contributed by atoms with Crippen LogP contribution in [0, 0.1) is 5.92 Å². The van der Waals surface area contributed by atoms with Gasteiger partial charge in [-0.1, -0.05) is 28.9 Å². The van der Waals surface area contributed by atoms with E-state index >= 15 is 0 Å². The fraction of sp³-hybridized carbons (Fsp3) is 0.357. The molecule has 1 aromatic heterocycles. The molecule has 0 radical (unpaired) electrons. The second-order valence-electron chi connectivity index (χ2n) is 5.03.